The van der Waals surface area contributed by atoms with Crippen LogP contribution in [-0.4, -0.2) is 36.0 Å². The van der Waals surface area contributed by atoms with E-state index in [9.17, 15) is 4.79 Å². The van der Waals surface area contributed by atoms with E-state index in [-0.39, 0.29) is 5.91 Å². The molecule has 1 aliphatic rings. The molecule has 0 aliphatic carbocycles. The molecule has 1 saturated heterocycles. The van der Waals surface area contributed by atoms with Gasteiger partial charge in [0.25, 0.3) is 0 Å². The maximum Gasteiger partial charge on any atom is 0.228 e. The molecule has 128 valence electrons. The lowest BCUT2D eigenvalue weighted by Gasteiger charge is -2.21. The van der Waals surface area contributed by atoms with Gasteiger partial charge in [-0.25, -0.2) is 0 Å². The molecule has 0 spiro atoms. The minimum absolute atomic E-state index is 0.0612. The first-order valence-corrected chi connectivity index (χ1v) is 8.26. The normalized spacial score (nSPS) is 15.2. The topological polar surface area (TPSA) is 65.4 Å². The van der Waals surface area contributed by atoms with Gasteiger partial charge in [0.1, 0.15) is 5.75 Å². The van der Waals surface area contributed by atoms with Crippen molar-refractivity contribution in [1.82, 2.24) is 9.78 Å². The number of ether oxygens (including phenoxy) is 2. The van der Waals surface area contributed by atoms with Gasteiger partial charge in [0, 0.05) is 26.0 Å². The second kappa shape index (κ2) is 7.97. The number of carbonyl (C=O) groups excluding carboxylic acids is 1. The highest BCUT2D eigenvalue weighted by atomic mass is 16.5. The Morgan fingerprint density at radius 2 is 2.25 bits per heavy atom. The Morgan fingerprint density at radius 1 is 1.42 bits per heavy atom. The van der Waals surface area contributed by atoms with Gasteiger partial charge in [-0.15, -0.1) is 0 Å². The number of aromatic nitrogens is 2. The van der Waals surface area contributed by atoms with Crippen LogP contribution in [0.15, 0.2) is 36.7 Å². The first-order valence-electron chi connectivity index (χ1n) is 8.26. The Hall–Kier alpha value is -2.34. The molecular formula is C18H23N3O3. The SMILES string of the molecule is COc1cccc(CC(=O)Nc2cnn(CC3CCOCC3)c2)c1. The van der Waals surface area contributed by atoms with Crippen molar-refractivity contribution in [3.8, 4) is 5.75 Å². The molecule has 0 bridgehead atoms. The number of nitrogens with one attached hydrogen (secondary N) is 1. The second-order valence-electron chi connectivity index (χ2n) is 6.08. The van der Waals surface area contributed by atoms with Crippen molar-refractivity contribution >= 4 is 11.6 Å². The van der Waals surface area contributed by atoms with Crippen LogP contribution in [0.4, 0.5) is 5.69 Å². The molecule has 0 saturated carbocycles. The highest BCUT2D eigenvalue weighted by molar-refractivity contribution is 5.92. The van der Waals surface area contributed by atoms with E-state index >= 15 is 0 Å². The number of benzene rings is 1. The molecule has 0 atom stereocenters. The van der Waals surface area contributed by atoms with Crippen LogP contribution in [0.3, 0.4) is 0 Å². The largest absolute Gasteiger partial charge is 0.497 e. The summed E-state index contributed by atoms with van der Waals surface area (Å²) in [5.74, 6) is 1.29. The van der Waals surface area contributed by atoms with E-state index in [4.69, 9.17) is 9.47 Å². The molecule has 0 unspecified atom stereocenters. The van der Waals surface area contributed by atoms with Crippen LogP contribution < -0.4 is 10.1 Å². The number of nitrogens with zero attached hydrogens (tertiary/aromatic N) is 2. The van der Waals surface area contributed by atoms with Gasteiger partial charge in [-0.1, -0.05) is 12.1 Å². The number of anilines is 1. The van der Waals surface area contributed by atoms with Crippen molar-refractivity contribution in [3.05, 3.63) is 42.2 Å². The van der Waals surface area contributed by atoms with Crippen LogP contribution in [0.1, 0.15) is 18.4 Å². The maximum atomic E-state index is 12.2. The monoisotopic (exact) mass is 329 g/mol. The van der Waals surface area contributed by atoms with Crippen LogP contribution >= 0.6 is 0 Å². The Labute approximate surface area is 141 Å². The van der Waals surface area contributed by atoms with Crippen molar-refractivity contribution in [2.24, 2.45) is 5.92 Å². The maximum absolute atomic E-state index is 12.2. The number of rotatable bonds is 6. The van der Waals surface area contributed by atoms with Crippen LogP contribution in [-0.2, 0) is 22.5 Å². The van der Waals surface area contributed by atoms with E-state index in [0.717, 1.165) is 49.6 Å². The van der Waals surface area contributed by atoms with Crippen LogP contribution in [0.2, 0.25) is 0 Å². The molecule has 1 fully saturated rings. The van der Waals surface area contributed by atoms with E-state index in [1.807, 2.05) is 35.1 Å². The number of carbonyl (C=O) groups is 1. The van der Waals surface area contributed by atoms with E-state index in [0.29, 0.717) is 12.3 Å². The van der Waals surface area contributed by atoms with Gasteiger partial charge in [-0.2, -0.15) is 5.10 Å². The van der Waals surface area contributed by atoms with Crippen molar-refractivity contribution in [2.45, 2.75) is 25.8 Å². The highest BCUT2D eigenvalue weighted by Crippen LogP contribution is 2.18. The van der Waals surface area contributed by atoms with Crippen LogP contribution in [0.5, 0.6) is 5.75 Å². The summed E-state index contributed by atoms with van der Waals surface area (Å²) in [7, 11) is 1.62. The molecule has 1 N–H and O–H groups in total. The van der Waals surface area contributed by atoms with E-state index in [1.165, 1.54) is 0 Å². The first-order chi connectivity index (χ1) is 11.7. The van der Waals surface area contributed by atoms with E-state index in [1.54, 1.807) is 13.3 Å². The molecule has 0 radical (unpaired) electrons. The summed E-state index contributed by atoms with van der Waals surface area (Å²) in [4.78, 5) is 12.2. The average Bonchev–Trinajstić information content (AvgIpc) is 3.02. The molecule has 1 aliphatic heterocycles. The molecule has 3 rings (SSSR count). The Kier molecular flexibility index (Phi) is 5.48. The minimum atomic E-state index is -0.0612. The molecule has 2 aromatic rings. The molecule has 1 amide bonds. The number of hydrogen-bond acceptors (Lipinski definition) is 4. The van der Waals surface area contributed by atoms with Gasteiger partial charge in [0.2, 0.25) is 5.91 Å². The minimum Gasteiger partial charge on any atom is -0.497 e. The van der Waals surface area contributed by atoms with E-state index in [2.05, 4.69) is 10.4 Å². The molecule has 6 heteroatoms. The fraction of sp³-hybridized carbons (Fsp3) is 0.444. The summed E-state index contributed by atoms with van der Waals surface area (Å²) in [6, 6.07) is 7.53. The second-order valence-corrected chi connectivity index (χ2v) is 6.08. The summed E-state index contributed by atoms with van der Waals surface area (Å²) in [5, 5.41) is 7.24. The summed E-state index contributed by atoms with van der Waals surface area (Å²) >= 11 is 0. The lowest BCUT2D eigenvalue weighted by molar-refractivity contribution is -0.115. The van der Waals surface area contributed by atoms with Gasteiger partial charge >= 0.3 is 0 Å². The van der Waals surface area contributed by atoms with Crippen molar-refractivity contribution in [1.29, 1.82) is 0 Å². The lowest BCUT2D eigenvalue weighted by atomic mass is 10.0. The van der Waals surface area contributed by atoms with Crippen LogP contribution in [0.25, 0.3) is 0 Å². The smallest absolute Gasteiger partial charge is 0.228 e. The summed E-state index contributed by atoms with van der Waals surface area (Å²) in [6.45, 7) is 2.53. The van der Waals surface area contributed by atoms with Gasteiger partial charge in [0.15, 0.2) is 0 Å². The number of methoxy groups -OCH3 is 1. The summed E-state index contributed by atoms with van der Waals surface area (Å²) in [5.41, 5.74) is 1.65. The molecule has 2 heterocycles. The zero-order valence-electron chi connectivity index (χ0n) is 13.9. The van der Waals surface area contributed by atoms with Crippen molar-refractivity contribution < 1.29 is 14.3 Å². The van der Waals surface area contributed by atoms with Gasteiger partial charge in [-0.05, 0) is 36.5 Å². The fourth-order valence-corrected chi connectivity index (χ4v) is 2.89. The third-order valence-corrected chi connectivity index (χ3v) is 4.20. The average molecular weight is 329 g/mol. The lowest BCUT2D eigenvalue weighted by Crippen LogP contribution is -2.20. The fourth-order valence-electron chi connectivity index (χ4n) is 2.89. The summed E-state index contributed by atoms with van der Waals surface area (Å²) in [6.07, 6.45) is 6.03. The third kappa shape index (κ3) is 4.58. The Morgan fingerprint density at radius 3 is 3.04 bits per heavy atom. The van der Waals surface area contributed by atoms with Crippen LogP contribution in [0, 0.1) is 5.92 Å². The predicted octanol–water partition coefficient (Wildman–Crippen LogP) is 2.50. The number of amides is 1. The van der Waals surface area contributed by atoms with Gasteiger partial charge < -0.3 is 14.8 Å². The zero-order valence-corrected chi connectivity index (χ0v) is 13.9. The molecule has 24 heavy (non-hydrogen) atoms. The zero-order chi connectivity index (χ0) is 16.8. The van der Waals surface area contributed by atoms with Crippen molar-refractivity contribution in [2.75, 3.05) is 25.6 Å². The molecular weight excluding hydrogens is 306 g/mol. The number of hydrogen-bond donors (Lipinski definition) is 1. The predicted molar refractivity (Wildman–Crippen MR) is 91.1 cm³/mol. The molecule has 1 aromatic heterocycles. The van der Waals surface area contributed by atoms with E-state index < -0.39 is 0 Å². The first kappa shape index (κ1) is 16.5. The Bertz CT molecular complexity index is 678. The van der Waals surface area contributed by atoms with Crippen molar-refractivity contribution in [3.63, 3.8) is 0 Å². The quantitative estimate of drug-likeness (QED) is 0.884. The third-order valence-electron chi connectivity index (χ3n) is 4.20. The molecule has 1 aromatic carbocycles. The Balaban J connectivity index is 1.52. The van der Waals surface area contributed by atoms with Gasteiger partial charge in [0.05, 0.1) is 25.4 Å². The standard InChI is InChI=1S/C18H23N3O3/c1-23-17-4-2-3-15(9-17)10-18(22)20-16-11-19-21(13-16)12-14-5-7-24-8-6-14/h2-4,9,11,13-14H,5-8,10,12H2,1H3,(H,20,22). The highest BCUT2D eigenvalue weighted by Gasteiger charge is 2.15. The summed E-state index contributed by atoms with van der Waals surface area (Å²) < 4.78 is 12.4. The molecule has 6 nitrogen and oxygen atoms in total. The van der Waals surface area contributed by atoms with Gasteiger partial charge in [-0.3, -0.25) is 9.48 Å².